The number of nitrogens with one attached hydrogen (secondary N) is 3. The largest absolute Gasteiger partial charge is 0.368 e. The quantitative estimate of drug-likeness (QED) is 0.321. The molecule has 5 rings (SSSR count). The molecule has 1 aliphatic carbocycles. The second kappa shape index (κ2) is 12.3. The number of aromatic amines is 1. The van der Waals surface area contributed by atoms with Crippen LogP contribution in [0.2, 0.25) is 0 Å². The van der Waals surface area contributed by atoms with Crippen LogP contribution in [0.5, 0.6) is 0 Å². The number of rotatable bonds is 8. The number of nitrogens with zero attached hydrogens (tertiary/aromatic N) is 2. The molecule has 4 amide bonds. The number of aromatic nitrogens is 1. The van der Waals surface area contributed by atoms with Gasteiger partial charge >= 0.3 is 6.03 Å². The lowest BCUT2D eigenvalue weighted by atomic mass is 9.96. The number of para-hydroxylation sites is 1. The van der Waals surface area contributed by atoms with Crippen molar-refractivity contribution in [1.82, 2.24) is 24.8 Å². The van der Waals surface area contributed by atoms with Crippen molar-refractivity contribution in [3.05, 3.63) is 66.4 Å². The number of urea groups is 1. The third kappa shape index (κ3) is 6.38. The average molecular weight is 581 g/mol. The maximum Gasteiger partial charge on any atom is 0.318 e. The molecule has 1 saturated carbocycles. The summed E-state index contributed by atoms with van der Waals surface area (Å²) >= 11 is 0. The van der Waals surface area contributed by atoms with Crippen molar-refractivity contribution in [2.24, 2.45) is 5.73 Å². The molecule has 2 heterocycles. The standard InChI is InChI=1S/C29H36N6O5S/c30-27(36)25(17-20-18-31-24-14-8-7-13-23(20)24)33-28(37)26-19-34(41(39,40)22-11-5-2-6-12-22)15-16-35(26)29(38)32-21-9-3-1-4-10-21/h2,5-8,11-14,18,21,25-26,31H,1,3-4,9-10,15-17,19H2,(H2,30,36)(H,32,38)(H,33,37)/t25-,26+/m1/s1. The Hall–Kier alpha value is -3.90. The SMILES string of the molecule is NC(=O)[C@@H](Cc1c[nH]c2ccccc12)NC(=O)[C@@H]1CN(S(=O)(=O)c2ccccc2)CCN1C(=O)NC1CCCCC1. The summed E-state index contributed by atoms with van der Waals surface area (Å²) in [7, 11) is -3.92. The molecule has 0 radical (unpaired) electrons. The van der Waals surface area contributed by atoms with Crippen LogP contribution >= 0.6 is 0 Å². The molecule has 0 unspecified atom stereocenters. The third-order valence-electron chi connectivity index (χ3n) is 7.98. The molecule has 12 heteroatoms. The number of sulfonamides is 1. The number of hydrogen-bond donors (Lipinski definition) is 4. The number of piperazine rings is 1. The highest BCUT2D eigenvalue weighted by atomic mass is 32.2. The maximum atomic E-state index is 13.8. The molecule has 41 heavy (non-hydrogen) atoms. The lowest BCUT2D eigenvalue weighted by Crippen LogP contribution is -2.65. The third-order valence-corrected chi connectivity index (χ3v) is 9.86. The number of carbonyl (C=O) groups is 3. The van der Waals surface area contributed by atoms with Crippen molar-refractivity contribution in [3.63, 3.8) is 0 Å². The molecular formula is C29H36N6O5S. The van der Waals surface area contributed by atoms with E-state index >= 15 is 0 Å². The summed E-state index contributed by atoms with van der Waals surface area (Å²) in [6.07, 6.45) is 6.79. The highest BCUT2D eigenvalue weighted by Gasteiger charge is 2.41. The zero-order valence-electron chi connectivity index (χ0n) is 22.8. The molecule has 11 nitrogen and oxygen atoms in total. The smallest absolute Gasteiger partial charge is 0.318 e. The molecule has 2 fully saturated rings. The topological polar surface area (TPSA) is 158 Å². The number of H-pyrrole nitrogens is 1. The van der Waals surface area contributed by atoms with Gasteiger partial charge in [0.2, 0.25) is 21.8 Å². The molecule has 3 aromatic rings. The van der Waals surface area contributed by atoms with Crippen molar-refractivity contribution in [1.29, 1.82) is 0 Å². The summed E-state index contributed by atoms with van der Waals surface area (Å²) in [6.45, 7) is -0.195. The fourth-order valence-corrected chi connectivity index (χ4v) is 7.16. The second-order valence-corrected chi connectivity index (χ2v) is 12.6. The van der Waals surface area contributed by atoms with Crippen LogP contribution in [0.3, 0.4) is 0 Å². The van der Waals surface area contributed by atoms with Crippen LogP contribution in [-0.4, -0.2) is 78.2 Å². The van der Waals surface area contributed by atoms with E-state index in [-0.39, 0.29) is 37.0 Å². The van der Waals surface area contributed by atoms with E-state index in [1.165, 1.54) is 21.3 Å². The lowest BCUT2D eigenvalue weighted by Gasteiger charge is -2.41. The van der Waals surface area contributed by atoms with Crippen LogP contribution in [0.25, 0.3) is 10.9 Å². The summed E-state index contributed by atoms with van der Waals surface area (Å²) in [5.41, 5.74) is 7.39. The van der Waals surface area contributed by atoms with Crippen LogP contribution in [0.4, 0.5) is 4.79 Å². The average Bonchev–Trinajstić information content (AvgIpc) is 3.40. The molecule has 2 aromatic carbocycles. The lowest BCUT2D eigenvalue weighted by molar-refractivity contribution is -0.131. The van der Waals surface area contributed by atoms with E-state index in [9.17, 15) is 22.8 Å². The molecule has 2 atom stereocenters. The van der Waals surface area contributed by atoms with Crippen LogP contribution in [0.15, 0.2) is 65.7 Å². The van der Waals surface area contributed by atoms with E-state index in [1.54, 1.807) is 24.4 Å². The van der Waals surface area contributed by atoms with E-state index < -0.39 is 40.0 Å². The van der Waals surface area contributed by atoms with Crippen LogP contribution < -0.4 is 16.4 Å². The van der Waals surface area contributed by atoms with Crippen molar-refractivity contribution >= 4 is 38.8 Å². The Balaban J connectivity index is 1.37. The van der Waals surface area contributed by atoms with Crippen LogP contribution in [-0.2, 0) is 26.0 Å². The van der Waals surface area contributed by atoms with Gasteiger partial charge in [-0.3, -0.25) is 9.59 Å². The van der Waals surface area contributed by atoms with Gasteiger partial charge in [0, 0.05) is 49.2 Å². The molecule has 5 N–H and O–H groups in total. The molecule has 218 valence electrons. The van der Waals surface area contributed by atoms with Crippen molar-refractivity contribution < 1.29 is 22.8 Å². The zero-order chi connectivity index (χ0) is 29.0. The highest BCUT2D eigenvalue weighted by molar-refractivity contribution is 7.89. The van der Waals surface area contributed by atoms with E-state index in [0.29, 0.717) is 0 Å². The Kier molecular flexibility index (Phi) is 8.60. The number of benzene rings is 2. The fourth-order valence-electron chi connectivity index (χ4n) is 5.70. The Morgan fingerprint density at radius 1 is 0.976 bits per heavy atom. The summed E-state index contributed by atoms with van der Waals surface area (Å²) < 4.78 is 28.0. The van der Waals surface area contributed by atoms with Crippen molar-refractivity contribution in [2.75, 3.05) is 19.6 Å². The van der Waals surface area contributed by atoms with E-state index in [1.807, 2.05) is 24.3 Å². The van der Waals surface area contributed by atoms with Crippen molar-refractivity contribution in [2.45, 2.75) is 61.5 Å². The summed E-state index contributed by atoms with van der Waals surface area (Å²) in [5, 5.41) is 6.66. The summed E-state index contributed by atoms with van der Waals surface area (Å²) in [5.74, 6) is -1.37. The summed E-state index contributed by atoms with van der Waals surface area (Å²) in [4.78, 5) is 44.3. The van der Waals surface area contributed by atoms with Crippen LogP contribution in [0, 0.1) is 0 Å². The minimum absolute atomic E-state index is 0.00582. The first kappa shape index (κ1) is 28.6. The van der Waals surface area contributed by atoms with Gasteiger partial charge in [-0.25, -0.2) is 13.2 Å². The van der Waals surface area contributed by atoms with Gasteiger partial charge in [0.15, 0.2) is 0 Å². The van der Waals surface area contributed by atoms with Gasteiger partial charge in [0.05, 0.1) is 4.90 Å². The first-order valence-corrected chi connectivity index (χ1v) is 15.4. The predicted molar refractivity (Wildman–Crippen MR) is 154 cm³/mol. The number of fused-ring (bicyclic) bond motifs is 1. The molecule has 1 aromatic heterocycles. The van der Waals surface area contributed by atoms with Gasteiger partial charge in [-0.15, -0.1) is 0 Å². The predicted octanol–water partition coefficient (Wildman–Crippen LogP) is 2.10. The van der Waals surface area contributed by atoms with Crippen molar-refractivity contribution in [3.8, 4) is 0 Å². The minimum atomic E-state index is -3.92. The Morgan fingerprint density at radius 3 is 2.41 bits per heavy atom. The minimum Gasteiger partial charge on any atom is -0.368 e. The molecule has 1 saturated heterocycles. The number of primary amides is 1. The number of amides is 4. The highest BCUT2D eigenvalue weighted by Crippen LogP contribution is 2.23. The first-order valence-electron chi connectivity index (χ1n) is 14.0. The van der Waals surface area contributed by atoms with Crippen LogP contribution in [0.1, 0.15) is 37.7 Å². The van der Waals surface area contributed by atoms with Gasteiger partial charge in [-0.05, 0) is 36.6 Å². The first-order chi connectivity index (χ1) is 19.7. The number of carbonyl (C=O) groups excluding carboxylic acids is 3. The number of nitrogens with two attached hydrogens (primary N) is 1. The number of hydrogen-bond acceptors (Lipinski definition) is 5. The van der Waals surface area contributed by atoms with Gasteiger partial charge in [-0.1, -0.05) is 55.7 Å². The van der Waals surface area contributed by atoms with Gasteiger partial charge in [-0.2, -0.15) is 4.31 Å². The van der Waals surface area contributed by atoms with E-state index in [2.05, 4.69) is 15.6 Å². The zero-order valence-corrected chi connectivity index (χ0v) is 23.6. The monoisotopic (exact) mass is 580 g/mol. The Morgan fingerprint density at radius 2 is 1.68 bits per heavy atom. The molecule has 0 spiro atoms. The normalized spacial score (nSPS) is 19.5. The summed E-state index contributed by atoms with van der Waals surface area (Å²) in [6, 6.07) is 12.9. The van der Waals surface area contributed by atoms with Gasteiger partial charge in [0.25, 0.3) is 0 Å². The molecular weight excluding hydrogens is 544 g/mol. The van der Waals surface area contributed by atoms with E-state index in [4.69, 9.17) is 5.73 Å². The van der Waals surface area contributed by atoms with Gasteiger partial charge in [0.1, 0.15) is 12.1 Å². The van der Waals surface area contributed by atoms with E-state index in [0.717, 1.165) is 48.6 Å². The van der Waals surface area contributed by atoms with Gasteiger partial charge < -0.3 is 26.3 Å². The second-order valence-electron chi connectivity index (χ2n) is 10.7. The molecule has 0 bridgehead atoms. The Labute approximate surface area is 239 Å². The maximum absolute atomic E-state index is 13.8. The fraction of sp³-hybridized carbons (Fsp3) is 0.414. The molecule has 2 aliphatic rings. The molecule has 1 aliphatic heterocycles. The Bertz CT molecular complexity index is 1500.